The van der Waals surface area contributed by atoms with Crippen LogP contribution in [0.4, 0.5) is 11.6 Å². The number of anilines is 2. The third-order valence-electron chi connectivity index (χ3n) is 3.01. The topological polar surface area (TPSA) is 75.9 Å². The molecule has 0 aromatic carbocycles. The van der Waals surface area contributed by atoms with Crippen molar-refractivity contribution in [3.63, 3.8) is 0 Å². The van der Waals surface area contributed by atoms with Gasteiger partial charge in [0.2, 0.25) is 0 Å². The highest BCUT2D eigenvalue weighted by atomic mass is 15.3. The Hall–Kier alpha value is -1.36. The van der Waals surface area contributed by atoms with Crippen molar-refractivity contribution < 1.29 is 0 Å². The van der Waals surface area contributed by atoms with E-state index in [1.165, 1.54) is 19.3 Å². The fraction of sp³-hybridized carbons (Fsp3) is 0.667. The summed E-state index contributed by atoms with van der Waals surface area (Å²) >= 11 is 0. The summed E-state index contributed by atoms with van der Waals surface area (Å²) in [6.45, 7) is 4.23. The Balaban J connectivity index is 2.02. The molecule has 0 saturated heterocycles. The molecule has 4 N–H and O–H groups in total. The van der Waals surface area contributed by atoms with Crippen LogP contribution in [0.15, 0.2) is 6.07 Å². The minimum atomic E-state index is 0.452. The van der Waals surface area contributed by atoms with E-state index in [1.54, 1.807) is 0 Å². The molecule has 1 atom stereocenters. The summed E-state index contributed by atoms with van der Waals surface area (Å²) in [6, 6.07) is 2.30. The lowest BCUT2D eigenvalue weighted by atomic mass is 10.1. The van der Waals surface area contributed by atoms with E-state index in [4.69, 9.17) is 5.84 Å². The molecule has 5 nitrogen and oxygen atoms in total. The molecule has 0 radical (unpaired) electrons. The second-order valence-electron chi connectivity index (χ2n) is 4.78. The van der Waals surface area contributed by atoms with Crippen molar-refractivity contribution in [3.8, 4) is 0 Å². The second-order valence-corrected chi connectivity index (χ2v) is 4.78. The SMILES string of the molecule is CCc1nc(NN)cc(NC(C)CC2CC2)n1. The van der Waals surface area contributed by atoms with Crippen LogP contribution in [0.2, 0.25) is 0 Å². The molecule has 0 amide bonds. The van der Waals surface area contributed by atoms with Crippen LogP contribution in [0.5, 0.6) is 0 Å². The van der Waals surface area contributed by atoms with Gasteiger partial charge in [-0.15, -0.1) is 0 Å². The number of nitrogens with zero attached hydrogens (tertiary/aromatic N) is 2. The number of aryl methyl sites for hydroxylation is 1. The van der Waals surface area contributed by atoms with Crippen LogP contribution in [0.1, 0.15) is 38.9 Å². The average molecular weight is 235 g/mol. The van der Waals surface area contributed by atoms with Crippen molar-refractivity contribution in [1.29, 1.82) is 0 Å². The van der Waals surface area contributed by atoms with E-state index in [0.717, 1.165) is 24.0 Å². The molecular weight excluding hydrogens is 214 g/mol. The fourth-order valence-electron chi connectivity index (χ4n) is 1.97. The number of hydrogen-bond acceptors (Lipinski definition) is 5. The first-order valence-electron chi connectivity index (χ1n) is 6.32. The Bertz CT molecular complexity index is 353. The number of nitrogen functional groups attached to an aromatic ring is 1. The molecule has 1 fully saturated rings. The zero-order valence-electron chi connectivity index (χ0n) is 10.5. The molecule has 1 aliphatic rings. The highest BCUT2D eigenvalue weighted by Gasteiger charge is 2.23. The average Bonchev–Trinajstić information content (AvgIpc) is 3.12. The molecule has 2 rings (SSSR count). The van der Waals surface area contributed by atoms with E-state index < -0.39 is 0 Å². The molecule has 1 aromatic heterocycles. The highest BCUT2D eigenvalue weighted by molar-refractivity contribution is 5.47. The number of hydrogen-bond donors (Lipinski definition) is 3. The van der Waals surface area contributed by atoms with Crippen molar-refractivity contribution in [1.82, 2.24) is 9.97 Å². The van der Waals surface area contributed by atoms with Crippen LogP contribution in [-0.4, -0.2) is 16.0 Å². The molecule has 0 spiro atoms. The van der Waals surface area contributed by atoms with Crippen LogP contribution in [-0.2, 0) is 6.42 Å². The van der Waals surface area contributed by atoms with Gasteiger partial charge in [-0.2, -0.15) is 0 Å². The summed E-state index contributed by atoms with van der Waals surface area (Å²) in [6.07, 6.45) is 4.79. The summed E-state index contributed by atoms with van der Waals surface area (Å²) in [5.41, 5.74) is 2.58. The monoisotopic (exact) mass is 235 g/mol. The zero-order chi connectivity index (χ0) is 12.3. The highest BCUT2D eigenvalue weighted by Crippen LogP contribution is 2.34. The summed E-state index contributed by atoms with van der Waals surface area (Å²) in [7, 11) is 0. The Morgan fingerprint density at radius 3 is 2.71 bits per heavy atom. The van der Waals surface area contributed by atoms with E-state index >= 15 is 0 Å². The molecule has 1 heterocycles. The molecule has 94 valence electrons. The molecule has 1 aromatic rings. The standard InChI is InChI=1S/C12H21N5/c1-3-10-15-11(7-12(16-10)17-13)14-8(2)6-9-4-5-9/h7-9H,3-6,13H2,1-2H3,(H2,14,15,16,17). The largest absolute Gasteiger partial charge is 0.367 e. The van der Waals surface area contributed by atoms with Crippen LogP contribution in [0.3, 0.4) is 0 Å². The number of nitrogens with two attached hydrogens (primary N) is 1. The Morgan fingerprint density at radius 2 is 2.12 bits per heavy atom. The van der Waals surface area contributed by atoms with Crippen molar-refractivity contribution >= 4 is 11.6 Å². The van der Waals surface area contributed by atoms with Gasteiger partial charge in [0.15, 0.2) is 0 Å². The maximum absolute atomic E-state index is 5.40. The van der Waals surface area contributed by atoms with E-state index in [9.17, 15) is 0 Å². The molecule has 17 heavy (non-hydrogen) atoms. The third kappa shape index (κ3) is 3.56. The van der Waals surface area contributed by atoms with Gasteiger partial charge in [-0.1, -0.05) is 19.8 Å². The van der Waals surface area contributed by atoms with E-state index in [1.807, 2.05) is 13.0 Å². The summed E-state index contributed by atoms with van der Waals surface area (Å²) in [4.78, 5) is 8.71. The van der Waals surface area contributed by atoms with E-state index in [-0.39, 0.29) is 0 Å². The van der Waals surface area contributed by atoms with Crippen LogP contribution in [0.25, 0.3) is 0 Å². The van der Waals surface area contributed by atoms with Gasteiger partial charge in [0.05, 0.1) is 0 Å². The van der Waals surface area contributed by atoms with E-state index in [0.29, 0.717) is 11.9 Å². The van der Waals surface area contributed by atoms with Gasteiger partial charge < -0.3 is 10.7 Å². The van der Waals surface area contributed by atoms with Crippen molar-refractivity contribution in [2.75, 3.05) is 10.7 Å². The molecule has 0 bridgehead atoms. The Kier molecular flexibility index (Phi) is 3.78. The van der Waals surface area contributed by atoms with Gasteiger partial charge in [0, 0.05) is 18.5 Å². The molecule has 1 saturated carbocycles. The minimum absolute atomic E-state index is 0.452. The Labute approximate surface area is 102 Å². The van der Waals surface area contributed by atoms with Gasteiger partial charge in [-0.3, -0.25) is 0 Å². The van der Waals surface area contributed by atoms with E-state index in [2.05, 4.69) is 27.6 Å². The van der Waals surface area contributed by atoms with Crippen LogP contribution in [0, 0.1) is 5.92 Å². The summed E-state index contributed by atoms with van der Waals surface area (Å²) in [5, 5.41) is 3.42. The van der Waals surface area contributed by atoms with Gasteiger partial charge in [-0.25, -0.2) is 15.8 Å². The zero-order valence-corrected chi connectivity index (χ0v) is 10.5. The first-order valence-corrected chi connectivity index (χ1v) is 6.32. The first-order chi connectivity index (χ1) is 8.21. The third-order valence-corrected chi connectivity index (χ3v) is 3.01. The van der Waals surface area contributed by atoms with Gasteiger partial charge in [-0.05, 0) is 19.3 Å². The predicted octanol–water partition coefficient (Wildman–Crippen LogP) is 1.93. The maximum atomic E-state index is 5.40. The maximum Gasteiger partial charge on any atom is 0.145 e. The molecule has 1 aliphatic carbocycles. The fourth-order valence-corrected chi connectivity index (χ4v) is 1.97. The lowest BCUT2D eigenvalue weighted by Crippen LogP contribution is -2.18. The number of rotatable bonds is 6. The predicted molar refractivity (Wildman–Crippen MR) is 69.6 cm³/mol. The van der Waals surface area contributed by atoms with Crippen LogP contribution < -0.4 is 16.6 Å². The molecule has 1 unspecified atom stereocenters. The number of aromatic nitrogens is 2. The van der Waals surface area contributed by atoms with Gasteiger partial charge in [0.1, 0.15) is 17.5 Å². The number of nitrogens with one attached hydrogen (secondary N) is 2. The minimum Gasteiger partial charge on any atom is -0.367 e. The molecule has 0 aliphatic heterocycles. The van der Waals surface area contributed by atoms with Crippen molar-refractivity contribution in [2.45, 2.75) is 45.6 Å². The normalized spacial score (nSPS) is 16.6. The van der Waals surface area contributed by atoms with Gasteiger partial charge in [0.25, 0.3) is 0 Å². The summed E-state index contributed by atoms with van der Waals surface area (Å²) < 4.78 is 0. The molecular formula is C12H21N5. The quantitative estimate of drug-likeness (QED) is 0.519. The summed E-state index contributed by atoms with van der Waals surface area (Å²) in [5.74, 6) is 8.64. The van der Waals surface area contributed by atoms with Gasteiger partial charge >= 0.3 is 0 Å². The van der Waals surface area contributed by atoms with Crippen molar-refractivity contribution in [2.24, 2.45) is 11.8 Å². The second kappa shape index (κ2) is 5.31. The lowest BCUT2D eigenvalue weighted by Gasteiger charge is -2.15. The smallest absolute Gasteiger partial charge is 0.145 e. The molecule has 5 heteroatoms. The van der Waals surface area contributed by atoms with Crippen molar-refractivity contribution in [3.05, 3.63) is 11.9 Å². The lowest BCUT2D eigenvalue weighted by molar-refractivity contribution is 0.639. The Morgan fingerprint density at radius 1 is 1.41 bits per heavy atom. The van der Waals surface area contributed by atoms with Crippen LogP contribution >= 0.6 is 0 Å². The number of hydrazine groups is 1. The first kappa shape index (κ1) is 12.1.